The van der Waals surface area contributed by atoms with Crippen molar-refractivity contribution in [2.45, 2.75) is 412 Å². The summed E-state index contributed by atoms with van der Waals surface area (Å²) in [5.41, 5.74) is 5.41. The smallest absolute Gasteiger partial charge is 0.462 e. The Balaban J connectivity index is 3.76. The van der Waals surface area contributed by atoms with Crippen LogP contribution in [0.25, 0.3) is 0 Å². The summed E-state index contributed by atoms with van der Waals surface area (Å²) < 4.78 is 33.3. The van der Waals surface area contributed by atoms with E-state index in [1.807, 2.05) is 0 Å². The Morgan fingerprint density at radius 1 is 0.344 bits per heavy atom. The van der Waals surface area contributed by atoms with Gasteiger partial charge in [-0.15, -0.1) is 0 Å². The second-order valence-corrected chi connectivity index (χ2v) is 28.0. The minimum Gasteiger partial charge on any atom is -0.462 e. The van der Waals surface area contributed by atoms with E-state index in [0.717, 1.165) is 70.6 Å². The third kappa shape index (κ3) is 74.7. The molecule has 9 nitrogen and oxygen atoms in total. The molecule has 0 amide bonds. The molecule has 0 heterocycles. The molecule has 0 aromatic carbocycles. The van der Waals surface area contributed by atoms with E-state index in [1.54, 1.807) is 0 Å². The van der Waals surface area contributed by atoms with Crippen molar-refractivity contribution in [3.8, 4) is 0 Å². The molecule has 0 saturated carbocycles. The zero-order valence-corrected chi connectivity index (χ0v) is 60.5. The Bertz CT molecular complexity index is 1660. The van der Waals surface area contributed by atoms with Gasteiger partial charge in [-0.25, -0.2) is 4.57 Å². The molecule has 0 aromatic heterocycles. The van der Waals surface area contributed by atoms with Crippen molar-refractivity contribution in [2.75, 3.05) is 26.4 Å². The van der Waals surface area contributed by atoms with Crippen molar-refractivity contribution in [1.82, 2.24) is 0 Å². The number of phosphoric acid groups is 1. The fraction of sp³-hybridized carbons (Fsp3) is 0.850. The third-order valence-corrected chi connectivity index (χ3v) is 18.7. The van der Waals surface area contributed by atoms with E-state index < -0.39 is 26.5 Å². The van der Waals surface area contributed by atoms with Gasteiger partial charge in [0, 0.05) is 19.4 Å². The SMILES string of the molecule is CC/C=C\C/C=C\C/C=C\C/C=C\C/C=C\CCCCCCCCCCCCCCCCCC(=O)OC(COC(=O)CCCCCCCCCCCCCCCCCCCCCCCCCCCCCCCCCCCCCCCC)COP(=O)(O)OCCN. The quantitative estimate of drug-likeness (QED) is 0.0264. The summed E-state index contributed by atoms with van der Waals surface area (Å²) in [5.74, 6) is -0.808. The second-order valence-electron chi connectivity index (χ2n) is 26.6. The zero-order valence-electron chi connectivity index (χ0n) is 59.6. The Morgan fingerprint density at radius 2 is 0.611 bits per heavy atom. The highest BCUT2D eigenvalue weighted by Gasteiger charge is 2.26. The van der Waals surface area contributed by atoms with Gasteiger partial charge in [0.2, 0.25) is 0 Å². The Kier molecular flexibility index (Phi) is 73.8. The third-order valence-electron chi connectivity index (χ3n) is 17.7. The van der Waals surface area contributed by atoms with Crippen LogP contribution in [0, 0.1) is 0 Å². The molecule has 0 saturated heterocycles. The lowest BCUT2D eigenvalue weighted by molar-refractivity contribution is -0.161. The van der Waals surface area contributed by atoms with Gasteiger partial charge in [0.05, 0.1) is 13.2 Å². The highest BCUT2D eigenvalue weighted by atomic mass is 31.2. The molecule has 0 fully saturated rings. The molecular weight excluding hydrogens is 1130 g/mol. The largest absolute Gasteiger partial charge is 0.472 e. The first kappa shape index (κ1) is 87.7. The van der Waals surface area contributed by atoms with Crippen LogP contribution in [-0.2, 0) is 32.7 Å². The van der Waals surface area contributed by atoms with Gasteiger partial charge in [0.15, 0.2) is 6.10 Å². The molecule has 0 bridgehead atoms. The first-order valence-electron chi connectivity index (χ1n) is 39.3. The van der Waals surface area contributed by atoms with E-state index in [4.69, 9.17) is 24.3 Å². The van der Waals surface area contributed by atoms with Crippen molar-refractivity contribution in [3.05, 3.63) is 60.8 Å². The number of ether oxygens (including phenoxy) is 2. The molecule has 0 rings (SSSR count). The second kappa shape index (κ2) is 75.7. The molecule has 10 heteroatoms. The van der Waals surface area contributed by atoms with Crippen LogP contribution in [0.5, 0.6) is 0 Å². The van der Waals surface area contributed by atoms with Crippen LogP contribution >= 0.6 is 7.82 Å². The molecule has 0 aliphatic rings. The van der Waals surface area contributed by atoms with E-state index in [-0.39, 0.29) is 38.6 Å². The number of hydrogen-bond donors (Lipinski definition) is 2. The maximum atomic E-state index is 12.8. The average Bonchev–Trinajstić information content (AvgIpc) is 3.75. The minimum absolute atomic E-state index is 0.0543. The van der Waals surface area contributed by atoms with Gasteiger partial charge in [0.25, 0.3) is 0 Å². The van der Waals surface area contributed by atoms with Crippen molar-refractivity contribution in [2.24, 2.45) is 5.73 Å². The lowest BCUT2D eigenvalue weighted by Gasteiger charge is -2.19. The molecule has 0 radical (unpaired) electrons. The van der Waals surface area contributed by atoms with E-state index >= 15 is 0 Å². The number of carbonyl (C=O) groups is 2. The summed E-state index contributed by atoms with van der Waals surface area (Å²) in [6.07, 6.45) is 99.4. The fourth-order valence-electron chi connectivity index (χ4n) is 11.9. The first-order chi connectivity index (χ1) is 44.3. The van der Waals surface area contributed by atoms with Gasteiger partial charge in [-0.3, -0.25) is 18.6 Å². The van der Waals surface area contributed by atoms with E-state index in [9.17, 15) is 19.0 Å². The number of allylic oxidation sites excluding steroid dienone is 10. The van der Waals surface area contributed by atoms with Gasteiger partial charge in [-0.05, 0) is 57.8 Å². The van der Waals surface area contributed by atoms with Crippen LogP contribution in [0.2, 0.25) is 0 Å². The van der Waals surface area contributed by atoms with Crippen molar-refractivity contribution in [3.63, 3.8) is 0 Å². The summed E-state index contributed by atoms with van der Waals surface area (Å²) in [4.78, 5) is 35.4. The van der Waals surface area contributed by atoms with Gasteiger partial charge in [-0.1, -0.05) is 396 Å². The molecule has 0 spiro atoms. The zero-order chi connectivity index (χ0) is 65.1. The van der Waals surface area contributed by atoms with Crippen LogP contribution in [0.4, 0.5) is 0 Å². The normalized spacial score (nSPS) is 13.2. The van der Waals surface area contributed by atoms with Gasteiger partial charge in [-0.2, -0.15) is 0 Å². The fourth-order valence-corrected chi connectivity index (χ4v) is 12.7. The molecule has 528 valence electrons. The first-order valence-corrected chi connectivity index (χ1v) is 40.8. The summed E-state index contributed by atoms with van der Waals surface area (Å²) in [5, 5.41) is 0. The lowest BCUT2D eigenvalue weighted by atomic mass is 10.0. The summed E-state index contributed by atoms with van der Waals surface area (Å²) in [6, 6.07) is 0. The van der Waals surface area contributed by atoms with Gasteiger partial charge in [0.1, 0.15) is 6.61 Å². The van der Waals surface area contributed by atoms with E-state index in [2.05, 4.69) is 74.6 Å². The molecule has 2 unspecified atom stereocenters. The summed E-state index contributed by atoms with van der Waals surface area (Å²) in [6.45, 7) is 3.70. The maximum absolute atomic E-state index is 12.8. The Labute approximate surface area is 559 Å². The lowest BCUT2D eigenvalue weighted by Crippen LogP contribution is -2.29. The maximum Gasteiger partial charge on any atom is 0.472 e. The van der Waals surface area contributed by atoms with E-state index in [0.29, 0.717) is 6.42 Å². The summed E-state index contributed by atoms with van der Waals surface area (Å²) in [7, 11) is -4.40. The van der Waals surface area contributed by atoms with Gasteiger partial charge >= 0.3 is 19.8 Å². The number of unbranched alkanes of at least 4 members (excludes halogenated alkanes) is 52. The number of rotatable bonds is 75. The topological polar surface area (TPSA) is 134 Å². The molecular formula is C80H150NO8P. The van der Waals surface area contributed by atoms with Crippen LogP contribution in [0.15, 0.2) is 60.8 Å². The minimum atomic E-state index is -4.40. The molecule has 0 aliphatic heterocycles. The molecule has 3 N–H and O–H groups in total. The number of phosphoric ester groups is 1. The van der Waals surface area contributed by atoms with Crippen LogP contribution in [0.3, 0.4) is 0 Å². The Morgan fingerprint density at radius 3 is 0.911 bits per heavy atom. The Hall–Kier alpha value is -2.29. The monoisotopic (exact) mass is 1280 g/mol. The summed E-state index contributed by atoms with van der Waals surface area (Å²) >= 11 is 0. The molecule has 0 aliphatic carbocycles. The molecule has 2 atom stereocenters. The van der Waals surface area contributed by atoms with Crippen molar-refractivity contribution in [1.29, 1.82) is 0 Å². The van der Waals surface area contributed by atoms with Gasteiger partial charge < -0.3 is 20.1 Å². The highest BCUT2D eigenvalue weighted by molar-refractivity contribution is 7.47. The van der Waals surface area contributed by atoms with E-state index in [1.165, 1.54) is 302 Å². The molecule has 90 heavy (non-hydrogen) atoms. The number of hydrogen-bond acceptors (Lipinski definition) is 8. The van der Waals surface area contributed by atoms with Crippen LogP contribution in [-0.4, -0.2) is 49.3 Å². The van der Waals surface area contributed by atoms with Crippen molar-refractivity contribution >= 4 is 19.8 Å². The van der Waals surface area contributed by atoms with Crippen LogP contribution < -0.4 is 5.73 Å². The molecule has 0 aromatic rings. The predicted molar refractivity (Wildman–Crippen MR) is 390 cm³/mol. The number of esters is 2. The standard InChI is InChI=1S/C80H150NO8P/c1-3-5-7-9-11-13-15-17-19-21-23-25-27-29-31-33-35-36-37-38-39-40-41-43-44-46-48-50-52-54-56-58-60-62-64-66-68-70-72-79(82)86-76-78(77-88-90(84,85)87-75-74-81)89-80(83)73-71-69-67-65-63-61-59-57-55-53-51-49-47-45-42-34-32-30-28-26-24-22-20-18-16-14-12-10-8-6-4-2/h6,8,12,14,18,20,24,26,30,32,78H,3-5,7,9-11,13,15-17,19,21-23,25,27-29,31,33-77,81H2,1-2H3,(H,84,85)/b8-6-,14-12-,20-18-,26-24-,32-30-. The highest BCUT2D eigenvalue weighted by Crippen LogP contribution is 2.43. The number of nitrogens with two attached hydrogens (primary N) is 1. The average molecular weight is 1290 g/mol. The van der Waals surface area contributed by atoms with Crippen LogP contribution in [0.1, 0.15) is 406 Å². The number of carbonyl (C=O) groups excluding carboxylic acids is 2. The van der Waals surface area contributed by atoms with Crippen molar-refractivity contribution < 1.29 is 37.6 Å². The predicted octanol–water partition coefficient (Wildman–Crippen LogP) is 26.2.